The summed E-state index contributed by atoms with van der Waals surface area (Å²) in [5, 5.41) is 19.3. The molecule has 1 aromatic carbocycles. The fourth-order valence-electron chi connectivity index (χ4n) is 3.10. The van der Waals surface area contributed by atoms with E-state index in [2.05, 4.69) is 9.88 Å². The number of piperidine rings is 1. The van der Waals surface area contributed by atoms with E-state index in [-0.39, 0.29) is 12.3 Å². The average molecular weight is 358 g/mol. The zero-order valence-corrected chi connectivity index (χ0v) is 14.8. The number of nitrogens with zero attached hydrogens (tertiary/aromatic N) is 2. The van der Waals surface area contributed by atoms with E-state index in [1.165, 1.54) is 0 Å². The molecular formula is C18H22N4O2S. The lowest BCUT2D eigenvalue weighted by Gasteiger charge is -2.33. The molecule has 1 saturated heterocycles. The predicted molar refractivity (Wildman–Crippen MR) is 99.7 cm³/mol. The van der Waals surface area contributed by atoms with Gasteiger partial charge in [0, 0.05) is 42.1 Å². The maximum absolute atomic E-state index is 10.7. The Balaban J connectivity index is 1.56. The van der Waals surface area contributed by atoms with E-state index in [4.69, 9.17) is 16.2 Å². The van der Waals surface area contributed by atoms with Gasteiger partial charge in [0.05, 0.1) is 17.1 Å². The molecule has 25 heavy (non-hydrogen) atoms. The lowest BCUT2D eigenvalue weighted by molar-refractivity contribution is -0.136. The number of thiazole rings is 1. The van der Waals surface area contributed by atoms with Gasteiger partial charge in [0.1, 0.15) is 5.84 Å². The highest BCUT2D eigenvalue weighted by molar-refractivity contribution is 7.09. The molecule has 0 unspecified atom stereocenters. The van der Waals surface area contributed by atoms with Gasteiger partial charge in [-0.3, -0.25) is 10.2 Å². The first-order valence-electron chi connectivity index (χ1n) is 8.38. The predicted octanol–water partition coefficient (Wildman–Crippen LogP) is 2.83. The van der Waals surface area contributed by atoms with Gasteiger partial charge in [0.2, 0.25) is 0 Å². The monoisotopic (exact) mass is 358 g/mol. The average Bonchev–Trinajstić information content (AvgIpc) is 3.09. The number of carboxylic acids is 1. The maximum Gasteiger partial charge on any atom is 0.303 e. The summed E-state index contributed by atoms with van der Waals surface area (Å²) in [6.45, 7) is 1.93. The molecule has 0 bridgehead atoms. The summed E-state index contributed by atoms with van der Waals surface area (Å²) >= 11 is 1.65. The fourth-order valence-corrected chi connectivity index (χ4v) is 4.12. The Morgan fingerprint density at radius 1 is 1.32 bits per heavy atom. The van der Waals surface area contributed by atoms with E-state index in [0.717, 1.165) is 47.9 Å². The lowest BCUT2D eigenvalue weighted by atomic mass is 9.97. The van der Waals surface area contributed by atoms with Crippen molar-refractivity contribution < 1.29 is 9.90 Å². The Bertz CT molecular complexity index is 749. The van der Waals surface area contributed by atoms with Crippen LogP contribution in [0.3, 0.4) is 0 Å². The van der Waals surface area contributed by atoms with Gasteiger partial charge >= 0.3 is 5.97 Å². The number of carboxylic acid groups (broad SMARTS) is 1. The van der Waals surface area contributed by atoms with Gasteiger partial charge < -0.3 is 15.7 Å². The minimum atomic E-state index is -0.779. The summed E-state index contributed by atoms with van der Waals surface area (Å²) in [4.78, 5) is 17.6. The Hall–Kier alpha value is -2.41. The van der Waals surface area contributed by atoms with Gasteiger partial charge in [-0.05, 0) is 37.1 Å². The number of amidine groups is 1. The van der Waals surface area contributed by atoms with Crippen LogP contribution in [0.4, 0.5) is 5.69 Å². The zero-order valence-electron chi connectivity index (χ0n) is 13.9. The van der Waals surface area contributed by atoms with Crippen LogP contribution in [-0.2, 0) is 11.2 Å². The molecule has 6 nitrogen and oxygen atoms in total. The van der Waals surface area contributed by atoms with E-state index < -0.39 is 5.97 Å². The van der Waals surface area contributed by atoms with E-state index >= 15 is 0 Å². The lowest BCUT2D eigenvalue weighted by Crippen LogP contribution is -2.32. The van der Waals surface area contributed by atoms with Crippen molar-refractivity contribution in [2.24, 2.45) is 5.73 Å². The van der Waals surface area contributed by atoms with Crippen LogP contribution in [0.15, 0.2) is 29.6 Å². The second-order valence-corrected chi connectivity index (χ2v) is 7.18. The topological polar surface area (TPSA) is 103 Å². The van der Waals surface area contributed by atoms with Crippen LogP contribution in [0.2, 0.25) is 0 Å². The van der Waals surface area contributed by atoms with Crippen LogP contribution in [0.1, 0.15) is 41.4 Å². The van der Waals surface area contributed by atoms with Crippen molar-refractivity contribution in [3.05, 3.63) is 45.9 Å². The van der Waals surface area contributed by atoms with Gasteiger partial charge in [-0.15, -0.1) is 11.3 Å². The number of nitrogens with two attached hydrogens (primary N) is 1. The molecular weight excluding hydrogens is 336 g/mol. The summed E-state index contributed by atoms with van der Waals surface area (Å²) in [6.07, 6.45) is 2.73. The SMILES string of the molecule is N=C(N)c1ccc(N2CCC(c3nc(CCC(=O)O)cs3)CC2)cc1. The molecule has 2 heterocycles. The molecule has 0 spiro atoms. The van der Waals surface area contributed by atoms with Crippen molar-refractivity contribution in [1.82, 2.24) is 4.98 Å². The molecule has 7 heteroatoms. The smallest absolute Gasteiger partial charge is 0.303 e. The summed E-state index contributed by atoms with van der Waals surface area (Å²) in [5.74, 6) is -0.234. The van der Waals surface area contributed by atoms with E-state index in [1.54, 1.807) is 11.3 Å². The zero-order chi connectivity index (χ0) is 17.8. The van der Waals surface area contributed by atoms with Crippen LogP contribution in [0, 0.1) is 5.41 Å². The number of carbonyl (C=O) groups is 1. The second kappa shape index (κ2) is 7.65. The highest BCUT2D eigenvalue weighted by Crippen LogP contribution is 2.32. The molecule has 0 atom stereocenters. The molecule has 1 aromatic heterocycles. The first-order valence-corrected chi connectivity index (χ1v) is 9.26. The molecule has 1 aliphatic heterocycles. The van der Waals surface area contributed by atoms with E-state index in [0.29, 0.717) is 12.3 Å². The molecule has 1 aliphatic rings. The molecule has 4 N–H and O–H groups in total. The second-order valence-electron chi connectivity index (χ2n) is 6.29. The number of aryl methyl sites for hydroxylation is 1. The fraction of sp³-hybridized carbons (Fsp3) is 0.389. The highest BCUT2D eigenvalue weighted by atomic mass is 32.1. The number of anilines is 1. The Morgan fingerprint density at radius 2 is 2.00 bits per heavy atom. The van der Waals surface area contributed by atoms with Crippen LogP contribution < -0.4 is 10.6 Å². The third kappa shape index (κ3) is 4.36. The van der Waals surface area contributed by atoms with Gasteiger partial charge in [0.15, 0.2) is 0 Å². The molecule has 3 rings (SSSR count). The summed E-state index contributed by atoms with van der Waals surface area (Å²) in [5.41, 5.74) is 8.29. The van der Waals surface area contributed by atoms with Crippen molar-refractivity contribution in [3.63, 3.8) is 0 Å². The van der Waals surface area contributed by atoms with Crippen LogP contribution in [-0.4, -0.2) is 35.0 Å². The molecule has 0 aliphatic carbocycles. The largest absolute Gasteiger partial charge is 0.481 e. The quantitative estimate of drug-likeness (QED) is 0.544. The van der Waals surface area contributed by atoms with Crippen LogP contribution in [0.25, 0.3) is 0 Å². The number of benzene rings is 1. The Morgan fingerprint density at radius 3 is 2.60 bits per heavy atom. The summed E-state index contributed by atoms with van der Waals surface area (Å²) < 4.78 is 0. The van der Waals surface area contributed by atoms with Crippen molar-refractivity contribution in [1.29, 1.82) is 5.41 Å². The number of rotatable bonds is 6. The Labute approximate surface area is 150 Å². The van der Waals surface area contributed by atoms with Crippen molar-refractivity contribution >= 4 is 28.8 Å². The number of hydrogen-bond donors (Lipinski definition) is 3. The molecule has 2 aromatic rings. The number of aromatic nitrogens is 1. The first-order chi connectivity index (χ1) is 12.0. The van der Waals surface area contributed by atoms with Crippen LogP contribution in [0.5, 0.6) is 0 Å². The first kappa shape index (κ1) is 17.4. The van der Waals surface area contributed by atoms with Crippen molar-refractivity contribution in [2.45, 2.75) is 31.6 Å². The third-order valence-corrected chi connectivity index (χ3v) is 5.61. The van der Waals surface area contributed by atoms with Crippen molar-refractivity contribution in [3.8, 4) is 0 Å². The number of nitrogens with one attached hydrogen (secondary N) is 1. The minimum absolute atomic E-state index is 0.0905. The highest BCUT2D eigenvalue weighted by Gasteiger charge is 2.23. The maximum atomic E-state index is 10.7. The van der Waals surface area contributed by atoms with Gasteiger partial charge in [-0.2, -0.15) is 0 Å². The van der Waals surface area contributed by atoms with Gasteiger partial charge in [-0.25, -0.2) is 4.98 Å². The molecule has 132 valence electrons. The normalized spacial score (nSPS) is 15.3. The number of aliphatic carboxylic acids is 1. The van der Waals surface area contributed by atoms with E-state index in [1.807, 2.05) is 29.6 Å². The molecule has 0 saturated carbocycles. The van der Waals surface area contributed by atoms with Gasteiger partial charge in [-0.1, -0.05) is 0 Å². The number of nitrogen functional groups attached to an aromatic ring is 1. The molecule has 1 fully saturated rings. The van der Waals surface area contributed by atoms with Gasteiger partial charge in [0.25, 0.3) is 0 Å². The molecule has 0 radical (unpaired) electrons. The van der Waals surface area contributed by atoms with Crippen LogP contribution >= 0.6 is 11.3 Å². The Kier molecular flexibility index (Phi) is 5.33. The van der Waals surface area contributed by atoms with E-state index in [9.17, 15) is 4.79 Å². The minimum Gasteiger partial charge on any atom is -0.481 e. The summed E-state index contributed by atoms with van der Waals surface area (Å²) in [6, 6.07) is 7.81. The molecule has 0 amide bonds. The standard InChI is InChI=1S/C18H22N4O2S/c19-17(20)12-1-4-15(5-2-12)22-9-7-13(8-10-22)18-21-14(11-25-18)3-6-16(23)24/h1-2,4-5,11,13H,3,6-10H2,(H3,19,20)(H,23,24). The third-order valence-electron chi connectivity index (χ3n) is 4.55. The number of hydrogen-bond acceptors (Lipinski definition) is 5. The summed E-state index contributed by atoms with van der Waals surface area (Å²) in [7, 11) is 0. The van der Waals surface area contributed by atoms with Crippen molar-refractivity contribution in [2.75, 3.05) is 18.0 Å².